The number of benzene rings is 2. The summed E-state index contributed by atoms with van der Waals surface area (Å²) in [5.74, 6) is 0.252. The van der Waals surface area contributed by atoms with Gasteiger partial charge in [0.2, 0.25) is 0 Å². The first-order chi connectivity index (χ1) is 8.65. The van der Waals surface area contributed by atoms with Gasteiger partial charge in [-0.25, -0.2) is 0 Å². The summed E-state index contributed by atoms with van der Waals surface area (Å²) in [5.41, 5.74) is 2.92. The Morgan fingerprint density at radius 1 is 1.06 bits per heavy atom. The topological polar surface area (TPSA) is 35.8 Å². The maximum absolute atomic E-state index is 9.34. The lowest BCUT2D eigenvalue weighted by atomic mass is 10.2. The molecule has 0 heterocycles. The summed E-state index contributed by atoms with van der Waals surface area (Å²) in [5, 5.41) is 9.34. The number of hydrogen-bond acceptors (Lipinski definition) is 3. The highest BCUT2D eigenvalue weighted by atomic mass is 16.3. The van der Waals surface area contributed by atoms with Crippen molar-refractivity contribution in [2.75, 3.05) is 19.0 Å². The zero-order valence-corrected chi connectivity index (χ0v) is 10.5. The van der Waals surface area contributed by atoms with Crippen LogP contribution in [-0.2, 0) is 0 Å². The van der Waals surface area contributed by atoms with Crippen LogP contribution in [0.25, 0.3) is 0 Å². The quantitative estimate of drug-likeness (QED) is 0.836. The summed E-state index contributed by atoms with van der Waals surface area (Å²) in [4.78, 5) is 6.41. The Bertz CT molecular complexity index is 545. The van der Waals surface area contributed by atoms with E-state index >= 15 is 0 Å². The van der Waals surface area contributed by atoms with E-state index in [-0.39, 0.29) is 5.75 Å². The van der Waals surface area contributed by atoms with E-state index in [4.69, 9.17) is 0 Å². The second-order valence-electron chi connectivity index (χ2n) is 4.26. The number of phenols is 1. The third kappa shape index (κ3) is 3.10. The molecule has 0 atom stereocenters. The van der Waals surface area contributed by atoms with Crippen LogP contribution in [0.4, 0.5) is 11.4 Å². The van der Waals surface area contributed by atoms with Crippen molar-refractivity contribution < 1.29 is 5.11 Å². The zero-order valence-electron chi connectivity index (χ0n) is 10.5. The predicted molar refractivity (Wildman–Crippen MR) is 76.1 cm³/mol. The van der Waals surface area contributed by atoms with Crippen LogP contribution in [-0.4, -0.2) is 25.4 Å². The zero-order chi connectivity index (χ0) is 13.0. The van der Waals surface area contributed by atoms with Gasteiger partial charge in [-0.2, -0.15) is 0 Å². The molecule has 2 rings (SSSR count). The van der Waals surface area contributed by atoms with Gasteiger partial charge in [-0.3, -0.25) is 4.99 Å². The predicted octanol–water partition coefficient (Wildman–Crippen LogP) is 3.21. The van der Waals surface area contributed by atoms with Gasteiger partial charge in [0.25, 0.3) is 0 Å². The van der Waals surface area contributed by atoms with Crippen molar-refractivity contribution in [3.8, 4) is 5.75 Å². The van der Waals surface area contributed by atoms with Crippen LogP contribution in [0.1, 0.15) is 5.56 Å². The summed E-state index contributed by atoms with van der Waals surface area (Å²) in [6.45, 7) is 0. The van der Waals surface area contributed by atoms with Gasteiger partial charge in [-0.05, 0) is 42.0 Å². The number of rotatable bonds is 3. The molecule has 0 aliphatic carbocycles. The lowest BCUT2D eigenvalue weighted by Gasteiger charge is -2.11. The van der Waals surface area contributed by atoms with Crippen molar-refractivity contribution in [1.82, 2.24) is 0 Å². The van der Waals surface area contributed by atoms with Gasteiger partial charge in [-0.15, -0.1) is 0 Å². The molecule has 92 valence electrons. The first-order valence-electron chi connectivity index (χ1n) is 5.75. The Kier molecular flexibility index (Phi) is 3.63. The van der Waals surface area contributed by atoms with Gasteiger partial charge in [-0.1, -0.05) is 12.1 Å². The van der Waals surface area contributed by atoms with Crippen LogP contribution in [0.3, 0.4) is 0 Å². The fourth-order valence-electron chi connectivity index (χ4n) is 1.59. The molecule has 0 radical (unpaired) electrons. The summed E-state index contributed by atoms with van der Waals surface area (Å²) in [7, 11) is 4.01. The number of nitrogens with zero attached hydrogens (tertiary/aromatic N) is 2. The average molecular weight is 240 g/mol. The van der Waals surface area contributed by atoms with E-state index in [0.29, 0.717) is 0 Å². The minimum Gasteiger partial charge on any atom is -0.508 e. The van der Waals surface area contributed by atoms with Crippen LogP contribution in [0.2, 0.25) is 0 Å². The van der Waals surface area contributed by atoms with Crippen molar-refractivity contribution in [2.24, 2.45) is 4.99 Å². The molecule has 0 aliphatic rings. The van der Waals surface area contributed by atoms with Gasteiger partial charge in [0.05, 0.1) is 5.69 Å². The highest BCUT2D eigenvalue weighted by Crippen LogP contribution is 2.18. The van der Waals surface area contributed by atoms with Gasteiger partial charge in [0.1, 0.15) is 5.75 Å². The van der Waals surface area contributed by atoms with E-state index in [2.05, 4.69) is 4.99 Å². The third-order valence-corrected chi connectivity index (χ3v) is 2.60. The number of aliphatic imine (C=N–C) groups is 1. The molecule has 0 aromatic heterocycles. The van der Waals surface area contributed by atoms with E-state index in [1.807, 2.05) is 49.3 Å². The first-order valence-corrected chi connectivity index (χ1v) is 5.75. The number of anilines is 1. The largest absolute Gasteiger partial charge is 0.508 e. The van der Waals surface area contributed by atoms with Crippen LogP contribution in [0.15, 0.2) is 53.5 Å². The molecule has 3 heteroatoms. The second kappa shape index (κ2) is 5.36. The second-order valence-corrected chi connectivity index (χ2v) is 4.26. The molecular formula is C15H16N2O. The number of aromatic hydroxyl groups is 1. The van der Waals surface area contributed by atoms with Gasteiger partial charge >= 0.3 is 0 Å². The molecule has 0 unspecified atom stereocenters. The standard InChI is InChI=1S/C15H16N2O/c1-17(2)14-8-6-13(7-9-14)16-11-12-4-3-5-15(18)10-12/h3-11,18H,1-2H3. The van der Waals surface area contributed by atoms with E-state index in [1.165, 1.54) is 0 Å². The Labute approximate surface area is 107 Å². The SMILES string of the molecule is CN(C)c1ccc(N=Cc2cccc(O)c2)cc1. The monoisotopic (exact) mass is 240 g/mol. The molecule has 2 aromatic rings. The average Bonchev–Trinajstić information content (AvgIpc) is 2.37. The molecule has 0 saturated carbocycles. The molecule has 0 spiro atoms. The van der Waals surface area contributed by atoms with Crippen LogP contribution in [0, 0.1) is 0 Å². The Hall–Kier alpha value is -2.29. The number of phenolic OH excluding ortho intramolecular Hbond substituents is 1. The first kappa shape index (κ1) is 12.2. The highest BCUT2D eigenvalue weighted by Gasteiger charge is 1.94. The Morgan fingerprint density at radius 2 is 1.78 bits per heavy atom. The fraction of sp³-hybridized carbons (Fsp3) is 0.133. The van der Waals surface area contributed by atoms with E-state index in [9.17, 15) is 5.11 Å². The highest BCUT2D eigenvalue weighted by molar-refractivity contribution is 5.82. The number of hydrogen-bond donors (Lipinski definition) is 1. The molecular weight excluding hydrogens is 224 g/mol. The van der Waals surface area contributed by atoms with Crippen LogP contribution >= 0.6 is 0 Å². The Balaban J connectivity index is 2.14. The normalized spacial score (nSPS) is 10.8. The Morgan fingerprint density at radius 3 is 2.39 bits per heavy atom. The lowest BCUT2D eigenvalue weighted by molar-refractivity contribution is 0.475. The summed E-state index contributed by atoms with van der Waals surface area (Å²) in [6, 6.07) is 15.0. The molecule has 0 bridgehead atoms. The molecule has 2 aromatic carbocycles. The molecule has 0 saturated heterocycles. The van der Waals surface area contributed by atoms with Crippen molar-refractivity contribution in [3.05, 3.63) is 54.1 Å². The fourth-order valence-corrected chi connectivity index (χ4v) is 1.59. The van der Waals surface area contributed by atoms with Crippen molar-refractivity contribution in [1.29, 1.82) is 0 Å². The van der Waals surface area contributed by atoms with Crippen LogP contribution < -0.4 is 4.90 Å². The van der Waals surface area contributed by atoms with E-state index in [0.717, 1.165) is 16.9 Å². The van der Waals surface area contributed by atoms with E-state index in [1.54, 1.807) is 24.4 Å². The summed E-state index contributed by atoms with van der Waals surface area (Å²) < 4.78 is 0. The molecule has 0 amide bonds. The molecule has 18 heavy (non-hydrogen) atoms. The van der Waals surface area contributed by atoms with E-state index < -0.39 is 0 Å². The molecule has 1 N–H and O–H groups in total. The summed E-state index contributed by atoms with van der Waals surface area (Å²) in [6.07, 6.45) is 1.74. The van der Waals surface area contributed by atoms with Crippen molar-refractivity contribution in [2.45, 2.75) is 0 Å². The summed E-state index contributed by atoms with van der Waals surface area (Å²) >= 11 is 0. The van der Waals surface area contributed by atoms with Crippen molar-refractivity contribution >= 4 is 17.6 Å². The van der Waals surface area contributed by atoms with Crippen molar-refractivity contribution in [3.63, 3.8) is 0 Å². The third-order valence-electron chi connectivity index (χ3n) is 2.60. The minimum atomic E-state index is 0.252. The molecule has 0 aliphatic heterocycles. The van der Waals surface area contributed by atoms with Crippen LogP contribution in [0.5, 0.6) is 5.75 Å². The molecule has 0 fully saturated rings. The minimum absolute atomic E-state index is 0.252. The van der Waals surface area contributed by atoms with Gasteiger partial charge < -0.3 is 10.0 Å². The van der Waals surface area contributed by atoms with Gasteiger partial charge in [0, 0.05) is 26.0 Å². The maximum atomic E-state index is 9.34. The lowest BCUT2D eigenvalue weighted by Crippen LogP contribution is -2.07. The molecule has 3 nitrogen and oxygen atoms in total. The smallest absolute Gasteiger partial charge is 0.116 e. The maximum Gasteiger partial charge on any atom is 0.116 e. The van der Waals surface area contributed by atoms with Gasteiger partial charge in [0.15, 0.2) is 0 Å².